The Kier molecular flexibility index (Phi) is 9.49. The fourth-order valence-corrected chi connectivity index (χ4v) is 4.50. The van der Waals surface area contributed by atoms with E-state index < -0.39 is 28.5 Å². The molecule has 9 heteroatoms. The molecule has 1 N–H and O–H groups in total. The van der Waals surface area contributed by atoms with Gasteiger partial charge < -0.3 is 15.0 Å². The summed E-state index contributed by atoms with van der Waals surface area (Å²) in [6.07, 6.45) is 1.08. The fraction of sp³-hybridized carbons (Fsp3) is 0.440. The number of hydrogen-bond donors (Lipinski definition) is 1. The Morgan fingerprint density at radius 3 is 2.18 bits per heavy atom. The van der Waals surface area contributed by atoms with E-state index >= 15 is 0 Å². The number of nitrogens with one attached hydrogen (secondary N) is 1. The third-order valence-corrected chi connectivity index (χ3v) is 6.66. The summed E-state index contributed by atoms with van der Waals surface area (Å²) in [5, 5.41) is 2.74. The number of carbonyl (C=O) groups excluding carboxylic acids is 2. The molecule has 0 aliphatic rings. The molecule has 0 radical (unpaired) electrons. The molecule has 0 aromatic heterocycles. The van der Waals surface area contributed by atoms with Crippen LogP contribution in [0.1, 0.15) is 44.7 Å². The molecule has 1 atom stereocenters. The summed E-state index contributed by atoms with van der Waals surface area (Å²) in [6, 6.07) is 13.5. The van der Waals surface area contributed by atoms with E-state index in [1.807, 2.05) is 38.1 Å². The lowest BCUT2D eigenvalue weighted by Gasteiger charge is -2.32. The van der Waals surface area contributed by atoms with Gasteiger partial charge in [-0.1, -0.05) is 44.2 Å². The zero-order chi connectivity index (χ0) is 25.5. The first-order chi connectivity index (χ1) is 16.0. The van der Waals surface area contributed by atoms with Crippen molar-refractivity contribution in [2.75, 3.05) is 30.8 Å². The van der Waals surface area contributed by atoms with Crippen LogP contribution in [0.2, 0.25) is 0 Å². The van der Waals surface area contributed by atoms with Crippen molar-refractivity contribution < 1.29 is 22.7 Å². The summed E-state index contributed by atoms with van der Waals surface area (Å²) < 4.78 is 31.8. The molecular formula is C25H35N3O5S. The molecule has 186 valence electrons. The van der Waals surface area contributed by atoms with Crippen molar-refractivity contribution >= 4 is 27.5 Å². The number of benzene rings is 2. The molecule has 2 aromatic carbocycles. The Hall–Kier alpha value is -3.07. The largest absolute Gasteiger partial charge is 0.497 e. The van der Waals surface area contributed by atoms with E-state index in [1.54, 1.807) is 45.2 Å². The SMILES string of the molecule is CCNC(=O)C(C)N(Cc1ccc(OC)cc1)C(=O)CN(c1ccccc1C(C)C)S(C)(=O)=O. The number of anilines is 1. The van der Waals surface area contributed by atoms with E-state index in [-0.39, 0.29) is 18.4 Å². The van der Waals surface area contributed by atoms with E-state index in [4.69, 9.17) is 4.74 Å². The first kappa shape index (κ1) is 27.2. The quantitative estimate of drug-likeness (QED) is 0.523. The Balaban J connectivity index is 2.43. The lowest BCUT2D eigenvalue weighted by molar-refractivity contribution is -0.139. The molecule has 1 unspecified atom stereocenters. The molecular weight excluding hydrogens is 454 g/mol. The summed E-state index contributed by atoms with van der Waals surface area (Å²) in [5.74, 6) is -0.0523. The van der Waals surface area contributed by atoms with Crippen molar-refractivity contribution in [2.45, 2.75) is 46.2 Å². The van der Waals surface area contributed by atoms with Crippen molar-refractivity contribution in [1.82, 2.24) is 10.2 Å². The van der Waals surface area contributed by atoms with Crippen LogP contribution >= 0.6 is 0 Å². The predicted octanol–water partition coefficient (Wildman–Crippen LogP) is 3.14. The molecule has 0 heterocycles. The fourth-order valence-electron chi connectivity index (χ4n) is 3.63. The second kappa shape index (κ2) is 11.9. The molecule has 8 nitrogen and oxygen atoms in total. The zero-order valence-corrected chi connectivity index (χ0v) is 21.6. The highest BCUT2D eigenvalue weighted by atomic mass is 32.2. The minimum atomic E-state index is -3.77. The molecule has 0 fully saturated rings. The van der Waals surface area contributed by atoms with E-state index in [9.17, 15) is 18.0 Å². The lowest BCUT2D eigenvalue weighted by Crippen LogP contribution is -2.51. The topological polar surface area (TPSA) is 96.0 Å². The van der Waals surface area contributed by atoms with Gasteiger partial charge in [0.05, 0.1) is 19.1 Å². The predicted molar refractivity (Wildman–Crippen MR) is 134 cm³/mol. The number of nitrogens with zero attached hydrogens (tertiary/aromatic N) is 2. The maximum atomic E-state index is 13.5. The number of methoxy groups -OCH3 is 1. The van der Waals surface area contributed by atoms with Gasteiger partial charge in [-0.2, -0.15) is 0 Å². The van der Waals surface area contributed by atoms with Crippen LogP contribution in [0.4, 0.5) is 5.69 Å². The van der Waals surface area contributed by atoms with Crippen molar-refractivity contribution in [2.24, 2.45) is 0 Å². The Morgan fingerprint density at radius 2 is 1.65 bits per heavy atom. The van der Waals surface area contributed by atoms with Crippen LogP contribution in [0.15, 0.2) is 48.5 Å². The lowest BCUT2D eigenvalue weighted by atomic mass is 10.0. The van der Waals surface area contributed by atoms with Crippen LogP contribution in [0.5, 0.6) is 5.75 Å². The number of ether oxygens (including phenoxy) is 1. The maximum absolute atomic E-state index is 13.5. The Labute approximate surface area is 202 Å². The van der Waals surface area contributed by atoms with Crippen molar-refractivity contribution in [3.8, 4) is 5.75 Å². The molecule has 0 bridgehead atoms. The third kappa shape index (κ3) is 6.96. The Morgan fingerprint density at radius 1 is 1.03 bits per heavy atom. The van der Waals surface area contributed by atoms with Crippen molar-refractivity contribution in [3.05, 3.63) is 59.7 Å². The number of likely N-dealkylation sites (N-methyl/N-ethyl adjacent to an activating group) is 1. The van der Waals surface area contributed by atoms with Crippen LogP contribution < -0.4 is 14.4 Å². The number of sulfonamides is 1. The summed E-state index contributed by atoms with van der Waals surface area (Å²) in [6.45, 7) is 7.52. The molecule has 0 aliphatic heterocycles. The van der Waals surface area contributed by atoms with Gasteiger partial charge in [0, 0.05) is 13.1 Å². The molecule has 0 spiro atoms. The van der Waals surface area contributed by atoms with Crippen LogP contribution in [0.3, 0.4) is 0 Å². The highest BCUT2D eigenvalue weighted by molar-refractivity contribution is 7.92. The molecule has 0 aliphatic carbocycles. The van der Waals surface area contributed by atoms with Crippen LogP contribution in [0.25, 0.3) is 0 Å². The standard InChI is InChI=1S/C25H35N3O5S/c1-7-26-25(30)19(4)27(16-20-12-14-21(33-5)15-13-20)24(29)17-28(34(6,31)32)23-11-9-8-10-22(23)18(2)3/h8-15,18-19H,7,16-17H2,1-6H3,(H,26,30). The van der Waals surface area contributed by atoms with E-state index in [1.165, 1.54) is 4.90 Å². The van der Waals surface area contributed by atoms with Crippen LogP contribution in [0, 0.1) is 0 Å². The van der Waals surface area contributed by atoms with Gasteiger partial charge in [-0.25, -0.2) is 8.42 Å². The number of para-hydroxylation sites is 1. The third-order valence-electron chi connectivity index (χ3n) is 5.54. The molecule has 2 aromatic rings. The van der Waals surface area contributed by atoms with Gasteiger partial charge in [0.15, 0.2) is 0 Å². The highest BCUT2D eigenvalue weighted by Gasteiger charge is 2.30. The number of carbonyl (C=O) groups is 2. The van der Waals surface area contributed by atoms with E-state index in [2.05, 4.69) is 5.32 Å². The number of hydrogen-bond acceptors (Lipinski definition) is 5. The summed E-state index contributed by atoms with van der Waals surface area (Å²) in [5.41, 5.74) is 2.07. The molecule has 2 amide bonds. The molecule has 34 heavy (non-hydrogen) atoms. The summed E-state index contributed by atoms with van der Waals surface area (Å²) >= 11 is 0. The van der Waals surface area contributed by atoms with Gasteiger partial charge in [-0.05, 0) is 49.1 Å². The van der Waals surface area contributed by atoms with Crippen LogP contribution in [-0.4, -0.2) is 57.6 Å². The van der Waals surface area contributed by atoms with E-state index in [0.717, 1.165) is 21.7 Å². The average molecular weight is 490 g/mol. The number of amides is 2. The normalized spacial score (nSPS) is 12.2. The van der Waals surface area contributed by atoms with Crippen LogP contribution in [-0.2, 0) is 26.2 Å². The van der Waals surface area contributed by atoms with E-state index in [0.29, 0.717) is 18.0 Å². The van der Waals surface area contributed by atoms with Crippen molar-refractivity contribution in [3.63, 3.8) is 0 Å². The van der Waals surface area contributed by atoms with Crippen molar-refractivity contribution in [1.29, 1.82) is 0 Å². The molecule has 2 rings (SSSR count). The summed E-state index contributed by atoms with van der Waals surface area (Å²) in [7, 11) is -2.21. The minimum Gasteiger partial charge on any atom is -0.497 e. The maximum Gasteiger partial charge on any atom is 0.244 e. The van der Waals surface area contributed by atoms with Gasteiger partial charge in [0.1, 0.15) is 18.3 Å². The average Bonchev–Trinajstić information content (AvgIpc) is 2.80. The minimum absolute atomic E-state index is 0.0557. The second-order valence-corrected chi connectivity index (χ2v) is 10.3. The first-order valence-electron chi connectivity index (χ1n) is 11.3. The van der Waals surface area contributed by atoms with Gasteiger partial charge in [0.2, 0.25) is 21.8 Å². The first-order valence-corrected chi connectivity index (χ1v) is 13.1. The second-order valence-electron chi connectivity index (χ2n) is 8.42. The monoisotopic (exact) mass is 489 g/mol. The highest BCUT2D eigenvalue weighted by Crippen LogP contribution is 2.29. The smallest absolute Gasteiger partial charge is 0.244 e. The Bertz CT molecular complexity index is 1080. The number of rotatable bonds is 11. The van der Waals surface area contributed by atoms with Gasteiger partial charge >= 0.3 is 0 Å². The molecule has 0 saturated carbocycles. The molecule has 0 saturated heterocycles. The summed E-state index contributed by atoms with van der Waals surface area (Å²) in [4.78, 5) is 27.6. The zero-order valence-electron chi connectivity index (χ0n) is 20.7. The van der Waals surface area contributed by atoms with Gasteiger partial charge in [0.25, 0.3) is 0 Å². The van der Waals surface area contributed by atoms with Gasteiger partial charge in [-0.15, -0.1) is 0 Å². The van der Waals surface area contributed by atoms with Gasteiger partial charge in [-0.3, -0.25) is 13.9 Å².